The van der Waals surface area contributed by atoms with Gasteiger partial charge in [0.15, 0.2) is 0 Å². The summed E-state index contributed by atoms with van der Waals surface area (Å²) in [5, 5.41) is 0. The molecule has 3 nitrogen and oxygen atoms in total. The van der Waals surface area contributed by atoms with E-state index in [-0.39, 0.29) is 6.10 Å². The Kier molecular flexibility index (Phi) is 6.10. The number of hydrogen-bond acceptors (Lipinski definition) is 3. The molecule has 2 aromatic rings. The maximum absolute atomic E-state index is 6.04. The van der Waals surface area contributed by atoms with Gasteiger partial charge in [-0.2, -0.15) is 0 Å². The molecule has 1 unspecified atom stereocenters. The first-order chi connectivity index (χ1) is 10.0. The number of ether oxygens (including phenoxy) is 2. The molecule has 2 N–H and O–H groups in total. The number of methoxy groups -OCH3 is 1. The fourth-order valence-corrected chi connectivity index (χ4v) is 3.19. The summed E-state index contributed by atoms with van der Waals surface area (Å²) in [5.41, 5.74) is 6.87. The SMILES string of the molecule is COc1cc(Br)c(OC(CN)c2cccc(Br)c2)cc1Br. The minimum atomic E-state index is -0.223. The average Bonchev–Trinajstić information content (AvgIpc) is 2.47. The molecule has 0 aromatic heterocycles. The summed E-state index contributed by atoms with van der Waals surface area (Å²) in [7, 11) is 1.62. The van der Waals surface area contributed by atoms with Gasteiger partial charge >= 0.3 is 0 Å². The number of hydrogen-bond donors (Lipinski definition) is 1. The van der Waals surface area contributed by atoms with Crippen molar-refractivity contribution in [3.05, 3.63) is 55.4 Å². The van der Waals surface area contributed by atoms with Crippen molar-refractivity contribution in [3.8, 4) is 11.5 Å². The standard InChI is InChI=1S/C15H14Br3NO2/c1-20-13-6-12(18)14(7-11(13)17)21-15(8-19)9-3-2-4-10(16)5-9/h2-7,15H,8,19H2,1H3. The van der Waals surface area contributed by atoms with E-state index in [0.29, 0.717) is 12.3 Å². The second-order valence-electron chi connectivity index (χ2n) is 4.31. The van der Waals surface area contributed by atoms with Gasteiger partial charge in [-0.05, 0) is 61.7 Å². The minimum absolute atomic E-state index is 0.223. The maximum Gasteiger partial charge on any atom is 0.136 e. The van der Waals surface area contributed by atoms with E-state index in [1.807, 2.05) is 36.4 Å². The van der Waals surface area contributed by atoms with Crippen LogP contribution < -0.4 is 15.2 Å². The number of rotatable bonds is 5. The van der Waals surface area contributed by atoms with Crippen molar-refractivity contribution in [2.75, 3.05) is 13.7 Å². The van der Waals surface area contributed by atoms with Crippen LogP contribution in [0.2, 0.25) is 0 Å². The third kappa shape index (κ3) is 4.22. The molecule has 0 aliphatic carbocycles. The maximum atomic E-state index is 6.04. The highest BCUT2D eigenvalue weighted by Crippen LogP contribution is 2.38. The zero-order valence-electron chi connectivity index (χ0n) is 11.3. The lowest BCUT2D eigenvalue weighted by atomic mass is 10.1. The predicted molar refractivity (Wildman–Crippen MR) is 95.0 cm³/mol. The van der Waals surface area contributed by atoms with Gasteiger partial charge in [-0.15, -0.1) is 0 Å². The highest BCUT2D eigenvalue weighted by atomic mass is 79.9. The predicted octanol–water partition coefficient (Wildman–Crippen LogP) is 5.06. The summed E-state index contributed by atoms with van der Waals surface area (Å²) >= 11 is 10.4. The average molecular weight is 480 g/mol. The van der Waals surface area contributed by atoms with Gasteiger partial charge in [0, 0.05) is 11.0 Å². The Balaban J connectivity index is 2.29. The van der Waals surface area contributed by atoms with Crippen LogP contribution in [-0.2, 0) is 0 Å². The Morgan fingerprint density at radius 3 is 2.33 bits per heavy atom. The zero-order valence-corrected chi connectivity index (χ0v) is 16.0. The van der Waals surface area contributed by atoms with E-state index in [9.17, 15) is 0 Å². The van der Waals surface area contributed by atoms with Gasteiger partial charge in [-0.25, -0.2) is 0 Å². The van der Waals surface area contributed by atoms with E-state index < -0.39 is 0 Å². The van der Waals surface area contributed by atoms with Crippen LogP contribution in [-0.4, -0.2) is 13.7 Å². The molecule has 2 rings (SSSR count). The fourth-order valence-electron chi connectivity index (χ4n) is 1.87. The molecular weight excluding hydrogens is 466 g/mol. The summed E-state index contributed by atoms with van der Waals surface area (Å²) in [4.78, 5) is 0. The van der Waals surface area contributed by atoms with Crippen LogP contribution >= 0.6 is 47.8 Å². The fraction of sp³-hybridized carbons (Fsp3) is 0.200. The third-order valence-corrected chi connectivity index (χ3v) is 4.64. The highest BCUT2D eigenvalue weighted by Gasteiger charge is 2.15. The summed E-state index contributed by atoms with van der Waals surface area (Å²) < 4.78 is 13.9. The van der Waals surface area contributed by atoms with Gasteiger partial charge in [0.1, 0.15) is 17.6 Å². The summed E-state index contributed by atoms with van der Waals surface area (Å²) in [6.07, 6.45) is -0.223. The molecule has 0 saturated heterocycles. The molecule has 0 saturated carbocycles. The lowest BCUT2D eigenvalue weighted by Crippen LogP contribution is -2.18. The molecule has 0 amide bonds. The molecule has 0 radical (unpaired) electrons. The first kappa shape index (κ1) is 16.8. The topological polar surface area (TPSA) is 44.5 Å². The first-order valence-electron chi connectivity index (χ1n) is 6.20. The van der Waals surface area contributed by atoms with Gasteiger partial charge in [0.2, 0.25) is 0 Å². The number of halogens is 3. The molecule has 2 aromatic carbocycles. The van der Waals surface area contributed by atoms with E-state index in [1.165, 1.54) is 0 Å². The van der Waals surface area contributed by atoms with Crippen molar-refractivity contribution in [3.63, 3.8) is 0 Å². The lowest BCUT2D eigenvalue weighted by Gasteiger charge is -2.20. The zero-order chi connectivity index (χ0) is 15.4. The molecule has 6 heteroatoms. The van der Waals surface area contributed by atoms with Crippen molar-refractivity contribution in [2.45, 2.75) is 6.10 Å². The Morgan fingerprint density at radius 2 is 1.71 bits per heavy atom. The van der Waals surface area contributed by atoms with Gasteiger partial charge in [-0.3, -0.25) is 0 Å². The van der Waals surface area contributed by atoms with Crippen LogP contribution in [0, 0.1) is 0 Å². The smallest absolute Gasteiger partial charge is 0.136 e. The summed E-state index contributed by atoms with van der Waals surface area (Å²) in [6.45, 7) is 0.381. The van der Waals surface area contributed by atoms with Gasteiger partial charge in [0.05, 0.1) is 16.1 Å². The molecule has 0 heterocycles. The monoisotopic (exact) mass is 477 g/mol. The van der Waals surface area contributed by atoms with E-state index in [0.717, 1.165) is 24.7 Å². The van der Waals surface area contributed by atoms with Gasteiger partial charge in [-0.1, -0.05) is 28.1 Å². The van der Waals surface area contributed by atoms with E-state index in [1.54, 1.807) is 7.11 Å². The van der Waals surface area contributed by atoms with Crippen LogP contribution in [0.5, 0.6) is 11.5 Å². The van der Waals surface area contributed by atoms with Crippen LogP contribution in [0.25, 0.3) is 0 Å². The molecule has 0 aliphatic rings. The van der Waals surface area contributed by atoms with Crippen LogP contribution in [0.15, 0.2) is 49.8 Å². The Bertz CT molecular complexity index is 634. The van der Waals surface area contributed by atoms with Crippen LogP contribution in [0.3, 0.4) is 0 Å². The molecule has 21 heavy (non-hydrogen) atoms. The highest BCUT2D eigenvalue weighted by molar-refractivity contribution is 9.11. The molecule has 0 spiro atoms. The van der Waals surface area contributed by atoms with Crippen molar-refractivity contribution < 1.29 is 9.47 Å². The molecule has 0 bridgehead atoms. The summed E-state index contributed by atoms with van der Waals surface area (Å²) in [5.74, 6) is 1.44. The normalized spacial score (nSPS) is 12.0. The Morgan fingerprint density at radius 1 is 1.05 bits per heavy atom. The second kappa shape index (κ2) is 7.63. The second-order valence-corrected chi connectivity index (χ2v) is 6.94. The molecule has 112 valence electrons. The Hall–Kier alpha value is -0.560. The van der Waals surface area contributed by atoms with E-state index >= 15 is 0 Å². The van der Waals surface area contributed by atoms with E-state index in [4.69, 9.17) is 15.2 Å². The number of benzene rings is 2. The van der Waals surface area contributed by atoms with E-state index in [2.05, 4.69) is 47.8 Å². The molecule has 0 aliphatic heterocycles. The number of nitrogens with two attached hydrogens (primary N) is 1. The largest absolute Gasteiger partial charge is 0.496 e. The van der Waals surface area contributed by atoms with Crippen LogP contribution in [0.4, 0.5) is 0 Å². The molecule has 0 fully saturated rings. The van der Waals surface area contributed by atoms with Crippen molar-refractivity contribution in [1.82, 2.24) is 0 Å². The van der Waals surface area contributed by atoms with Gasteiger partial charge in [0.25, 0.3) is 0 Å². The minimum Gasteiger partial charge on any atom is -0.496 e. The van der Waals surface area contributed by atoms with Crippen LogP contribution in [0.1, 0.15) is 11.7 Å². The Labute approximate surface area is 149 Å². The third-order valence-electron chi connectivity index (χ3n) is 2.91. The van der Waals surface area contributed by atoms with Crippen molar-refractivity contribution in [1.29, 1.82) is 0 Å². The molecular formula is C15H14Br3NO2. The lowest BCUT2D eigenvalue weighted by molar-refractivity contribution is 0.212. The molecule has 1 atom stereocenters. The summed E-state index contributed by atoms with van der Waals surface area (Å²) in [6, 6.07) is 11.7. The van der Waals surface area contributed by atoms with Gasteiger partial charge < -0.3 is 15.2 Å². The first-order valence-corrected chi connectivity index (χ1v) is 8.58. The van der Waals surface area contributed by atoms with Crippen molar-refractivity contribution >= 4 is 47.8 Å². The quantitative estimate of drug-likeness (QED) is 0.651. The van der Waals surface area contributed by atoms with Crippen molar-refractivity contribution in [2.24, 2.45) is 5.73 Å².